The molecule has 3 heterocycles. The highest BCUT2D eigenvalue weighted by atomic mass is 16.5. The monoisotopic (exact) mass is 356 g/mol. The smallest absolute Gasteiger partial charge is 0.339 e. The van der Waals surface area contributed by atoms with Crippen molar-refractivity contribution in [3.8, 4) is 0 Å². The number of carbonyl (C=O) groups excluding carboxylic acids is 1. The Morgan fingerprint density at radius 2 is 2.15 bits per heavy atom. The summed E-state index contributed by atoms with van der Waals surface area (Å²) in [5.74, 6) is -0.557. The normalized spacial score (nSPS) is 24.5. The highest BCUT2D eigenvalue weighted by molar-refractivity contribution is 5.88. The Morgan fingerprint density at radius 3 is 2.88 bits per heavy atom. The van der Waals surface area contributed by atoms with Crippen LogP contribution in [0.5, 0.6) is 0 Å². The van der Waals surface area contributed by atoms with Gasteiger partial charge in [-0.2, -0.15) is 0 Å². The predicted molar refractivity (Wildman–Crippen MR) is 101 cm³/mol. The molecule has 0 radical (unpaired) electrons. The van der Waals surface area contributed by atoms with Crippen molar-refractivity contribution >= 4 is 16.9 Å². The van der Waals surface area contributed by atoms with Gasteiger partial charge in [-0.25, -0.2) is 4.79 Å². The molecular weight excluding hydrogens is 328 g/mol. The first kappa shape index (κ1) is 17.6. The fraction of sp³-hybridized carbons (Fsp3) is 0.571. The maximum Gasteiger partial charge on any atom is 0.339 e. The van der Waals surface area contributed by atoms with Gasteiger partial charge in [-0.1, -0.05) is 11.6 Å². The van der Waals surface area contributed by atoms with E-state index in [1.165, 1.54) is 35.0 Å². The van der Waals surface area contributed by atoms with Crippen LogP contribution in [0.4, 0.5) is 0 Å². The molecule has 5 nitrogen and oxygen atoms in total. The van der Waals surface area contributed by atoms with Crippen LogP contribution in [0.15, 0.2) is 18.2 Å². The van der Waals surface area contributed by atoms with Crippen LogP contribution in [0.2, 0.25) is 0 Å². The molecule has 3 atom stereocenters. The zero-order chi connectivity index (χ0) is 18.6. The van der Waals surface area contributed by atoms with Gasteiger partial charge in [0.05, 0.1) is 13.2 Å². The van der Waals surface area contributed by atoms with Crippen molar-refractivity contribution in [3.05, 3.63) is 35.0 Å². The number of aliphatic hydroxyl groups is 1. The number of aryl methyl sites for hydroxylation is 1. The molecule has 5 heteroatoms. The quantitative estimate of drug-likeness (QED) is 0.856. The molecule has 4 rings (SSSR count). The van der Waals surface area contributed by atoms with Crippen LogP contribution in [0.1, 0.15) is 49.6 Å². The minimum atomic E-state index is -1.54. The van der Waals surface area contributed by atoms with Gasteiger partial charge in [0.25, 0.3) is 0 Å². The summed E-state index contributed by atoms with van der Waals surface area (Å²) in [5.41, 5.74) is 3.46. The number of aromatic nitrogens is 1. The molecule has 0 saturated carbocycles. The first-order valence-electron chi connectivity index (χ1n) is 9.56. The average Bonchev–Trinajstić information content (AvgIpc) is 2.99. The first-order valence-corrected chi connectivity index (χ1v) is 9.56. The summed E-state index contributed by atoms with van der Waals surface area (Å²) in [4.78, 5) is 14.7. The Kier molecular flexibility index (Phi) is 4.12. The predicted octanol–water partition coefficient (Wildman–Crippen LogP) is 2.96. The fourth-order valence-corrected chi connectivity index (χ4v) is 4.81. The van der Waals surface area contributed by atoms with Gasteiger partial charge in [-0.05, 0) is 58.4 Å². The van der Waals surface area contributed by atoms with E-state index in [1.54, 1.807) is 13.8 Å². The molecule has 2 aliphatic rings. The number of nitrogens with zero attached hydrogens (tertiary/aromatic N) is 2. The molecule has 1 saturated heterocycles. The van der Waals surface area contributed by atoms with Crippen molar-refractivity contribution in [2.45, 2.75) is 64.3 Å². The van der Waals surface area contributed by atoms with Crippen LogP contribution >= 0.6 is 0 Å². The van der Waals surface area contributed by atoms with Crippen molar-refractivity contribution in [2.75, 3.05) is 13.7 Å². The Labute approximate surface area is 154 Å². The van der Waals surface area contributed by atoms with Crippen LogP contribution in [0.3, 0.4) is 0 Å². The van der Waals surface area contributed by atoms with E-state index in [1.807, 2.05) is 0 Å². The molecule has 140 valence electrons. The van der Waals surface area contributed by atoms with E-state index in [-0.39, 0.29) is 13.2 Å². The van der Waals surface area contributed by atoms with E-state index in [2.05, 4.69) is 41.6 Å². The Hall–Kier alpha value is -1.85. The molecule has 1 fully saturated rings. The molecule has 2 aliphatic heterocycles. The standard InChI is InChI=1S/C21H28N2O3/c1-5-26-20(24)21(3,25)12-23-16-8-6-13(2)10-15(16)19-17-9-7-14(22(17)4)11-18(19)23/h6,8,10,14,17,25H,5,7,9,11-12H2,1-4H3. The van der Waals surface area contributed by atoms with E-state index in [0.717, 1.165) is 11.9 Å². The Bertz CT molecular complexity index is 868. The number of likely N-dealkylation sites (N-methyl/N-ethyl adjacent to an activating group) is 1. The van der Waals surface area contributed by atoms with Gasteiger partial charge in [-0.15, -0.1) is 0 Å². The maximum atomic E-state index is 12.2. The molecule has 3 unspecified atom stereocenters. The van der Waals surface area contributed by atoms with E-state index in [4.69, 9.17) is 4.74 Å². The van der Waals surface area contributed by atoms with Gasteiger partial charge in [0, 0.05) is 35.1 Å². The summed E-state index contributed by atoms with van der Waals surface area (Å²) in [6, 6.07) is 7.45. The molecule has 2 bridgehead atoms. The van der Waals surface area contributed by atoms with Crippen LogP contribution < -0.4 is 0 Å². The molecule has 0 amide bonds. The number of fused-ring (bicyclic) bond motifs is 6. The van der Waals surface area contributed by atoms with Crippen molar-refractivity contribution in [1.82, 2.24) is 9.47 Å². The van der Waals surface area contributed by atoms with Crippen molar-refractivity contribution in [3.63, 3.8) is 0 Å². The summed E-state index contributed by atoms with van der Waals surface area (Å²) in [5, 5.41) is 12.1. The van der Waals surface area contributed by atoms with Gasteiger partial charge in [0.2, 0.25) is 0 Å². The lowest BCUT2D eigenvalue weighted by Crippen LogP contribution is -2.42. The zero-order valence-corrected chi connectivity index (χ0v) is 16.1. The second-order valence-corrected chi connectivity index (χ2v) is 8.08. The van der Waals surface area contributed by atoms with Gasteiger partial charge >= 0.3 is 5.97 Å². The van der Waals surface area contributed by atoms with Crippen LogP contribution in [-0.2, 0) is 22.5 Å². The number of ether oxygens (including phenoxy) is 1. The second kappa shape index (κ2) is 6.10. The summed E-state index contributed by atoms with van der Waals surface area (Å²) in [6.45, 7) is 5.93. The Balaban J connectivity index is 1.86. The number of carbonyl (C=O) groups is 1. The van der Waals surface area contributed by atoms with Crippen molar-refractivity contribution < 1.29 is 14.6 Å². The lowest BCUT2D eigenvalue weighted by Gasteiger charge is -2.33. The van der Waals surface area contributed by atoms with Crippen LogP contribution in [0, 0.1) is 6.92 Å². The van der Waals surface area contributed by atoms with Crippen molar-refractivity contribution in [1.29, 1.82) is 0 Å². The Morgan fingerprint density at radius 1 is 1.38 bits per heavy atom. The van der Waals surface area contributed by atoms with Crippen molar-refractivity contribution in [2.24, 2.45) is 0 Å². The second-order valence-electron chi connectivity index (χ2n) is 8.08. The fourth-order valence-electron chi connectivity index (χ4n) is 4.81. The maximum absolute atomic E-state index is 12.2. The van der Waals surface area contributed by atoms with E-state index < -0.39 is 11.6 Å². The van der Waals surface area contributed by atoms with Gasteiger partial charge in [-0.3, -0.25) is 4.90 Å². The van der Waals surface area contributed by atoms with Gasteiger partial charge < -0.3 is 14.4 Å². The number of esters is 1. The number of hydrogen-bond donors (Lipinski definition) is 1. The third-order valence-corrected chi connectivity index (χ3v) is 6.15. The summed E-state index contributed by atoms with van der Waals surface area (Å²) in [7, 11) is 2.22. The average molecular weight is 356 g/mol. The molecule has 0 aliphatic carbocycles. The molecule has 1 aromatic heterocycles. The minimum absolute atomic E-state index is 0.226. The van der Waals surface area contributed by atoms with Gasteiger partial charge in [0.1, 0.15) is 0 Å². The van der Waals surface area contributed by atoms with E-state index in [9.17, 15) is 9.90 Å². The highest BCUT2D eigenvalue weighted by Crippen LogP contribution is 2.47. The van der Waals surface area contributed by atoms with Crippen LogP contribution in [-0.4, -0.2) is 45.8 Å². The molecule has 1 aromatic carbocycles. The molecule has 2 aromatic rings. The van der Waals surface area contributed by atoms with Gasteiger partial charge in [0.15, 0.2) is 5.60 Å². The SMILES string of the molecule is CCOC(=O)C(C)(O)Cn1c2c(c3cc(C)ccc31)C1CCC(C2)N1C. The largest absolute Gasteiger partial charge is 0.464 e. The molecule has 0 spiro atoms. The van der Waals surface area contributed by atoms with E-state index in [0.29, 0.717) is 12.1 Å². The summed E-state index contributed by atoms with van der Waals surface area (Å²) in [6.07, 6.45) is 3.35. The summed E-state index contributed by atoms with van der Waals surface area (Å²) < 4.78 is 7.26. The van der Waals surface area contributed by atoms with E-state index >= 15 is 0 Å². The minimum Gasteiger partial charge on any atom is -0.464 e. The zero-order valence-electron chi connectivity index (χ0n) is 16.1. The molecule has 1 N–H and O–H groups in total. The molecule has 26 heavy (non-hydrogen) atoms. The van der Waals surface area contributed by atoms with Crippen LogP contribution in [0.25, 0.3) is 10.9 Å². The molecular formula is C21H28N2O3. The number of benzene rings is 1. The topological polar surface area (TPSA) is 54.7 Å². The lowest BCUT2D eigenvalue weighted by molar-refractivity contribution is -0.164. The summed E-state index contributed by atoms with van der Waals surface area (Å²) >= 11 is 0. The number of rotatable bonds is 4. The lowest BCUT2D eigenvalue weighted by atomic mass is 9.97. The third-order valence-electron chi connectivity index (χ3n) is 6.15. The number of hydrogen-bond acceptors (Lipinski definition) is 4. The highest BCUT2D eigenvalue weighted by Gasteiger charge is 2.42. The third kappa shape index (κ3) is 2.57. The first-order chi connectivity index (χ1) is 12.3.